The number of carbonyl (C=O) groups is 2. The van der Waals surface area contributed by atoms with Gasteiger partial charge < -0.3 is 4.90 Å². The van der Waals surface area contributed by atoms with Gasteiger partial charge in [0.05, 0.1) is 12.2 Å². The van der Waals surface area contributed by atoms with Crippen LogP contribution >= 0.6 is 11.6 Å². The molecule has 34 heavy (non-hydrogen) atoms. The number of benzene rings is 2. The lowest BCUT2D eigenvalue weighted by Gasteiger charge is -2.42. The Kier molecular flexibility index (Phi) is 6.35. The summed E-state index contributed by atoms with van der Waals surface area (Å²) < 4.78 is 0. The lowest BCUT2D eigenvalue weighted by Crippen LogP contribution is -2.56. The van der Waals surface area contributed by atoms with Gasteiger partial charge in [-0.25, -0.2) is 4.79 Å². The molecule has 2 aromatic carbocycles. The van der Waals surface area contributed by atoms with Crippen LogP contribution in [0.2, 0.25) is 5.02 Å². The maximum absolute atomic E-state index is 13.8. The molecule has 0 aliphatic carbocycles. The molecule has 6 nitrogen and oxygen atoms in total. The Balaban J connectivity index is 1.39. The van der Waals surface area contributed by atoms with E-state index in [0.29, 0.717) is 38.2 Å². The summed E-state index contributed by atoms with van der Waals surface area (Å²) in [5, 5.41) is 0.752. The average molecular weight is 475 g/mol. The van der Waals surface area contributed by atoms with Gasteiger partial charge in [-0.05, 0) is 42.2 Å². The standard InChI is InChI=1S/C27H27ClN4O2/c28-24-12-5-4-10-22(24)19-30-16-13-27(14-17-30)25(33)31(20-23-11-6-7-15-29-23)26(34)32(27)18-21-8-2-1-3-9-21/h1-12,15H,13-14,16-20H2. The predicted octanol–water partition coefficient (Wildman–Crippen LogP) is 4.73. The average Bonchev–Trinajstić information content (AvgIpc) is 3.05. The van der Waals surface area contributed by atoms with Gasteiger partial charge in [-0.15, -0.1) is 0 Å². The first-order valence-electron chi connectivity index (χ1n) is 11.6. The summed E-state index contributed by atoms with van der Waals surface area (Å²) in [5.41, 5.74) is 1.96. The number of imide groups is 1. The van der Waals surface area contributed by atoms with Gasteiger partial charge in [0.25, 0.3) is 5.91 Å². The molecule has 2 aliphatic rings. The topological polar surface area (TPSA) is 56.8 Å². The number of aromatic nitrogens is 1. The van der Waals surface area contributed by atoms with Crippen molar-refractivity contribution in [1.82, 2.24) is 19.7 Å². The molecule has 3 amide bonds. The largest absolute Gasteiger partial charge is 0.328 e. The van der Waals surface area contributed by atoms with Crippen LogP contribution in [-0.4, -0.2) is 50.3 Å². The molecular weight excluding hydrogens is 448 g/mol. The molecule has 0 atom stereocenters. The number of hydrogen-bond donors (Lipinski definition) is 0. The number of piperidine rings is 1. The quantitative estimate of drug-likeness (QED) is 0.484. The Hall–Kier alpha value is -3.22. The van der Waals surface area contributed by atoms with Crippen LogP contribution in [0.4, 0.5) is 4.79 Å². The zero-order valence-electron chi connectivity index (χ0n) is 18.9. The highest BCUT2D eigenvalue weighted by Gasteiger charge is 2.57. The number of carbonyl (C=O) groups excluding carboxylic acids is 2. The van der Waals surface area contributed by atoms with Crippen LogP contribution < -0.4 is 0 Å². The number of nitrogens with zero attached hydrogens (tertiary/aromatic N) is 4. The maximum Gasteiger partial charge on any atom is 0.328 e. The third-order valence-electron chi connectivity index (χ3n) is 6.89. The highest BCUT2D eigenvalue weighted by atomic mass is 35.5. The Morgan fingerprint density at radius 2 is 1.53 bits per heavy atom. The summed E-state index contributed by atoms with van der Waals surface area (Å²) in [5.74, 6) is -0.114. The van der Waals surface area contributed by atoms with E-state index in [9.17, 15) is 9.59 Å². The predicted molar refractivity (Wildman–Crippen MR) is 131 cm³/mol. The monoisotopic (exact) mass is 474 g/mol. The summed E-state index contributed by atoms with van der Waals surface area (Å²) >= 11 is 6.37. The van der Waals surface area contributed by atoms with Gasteiger partial charge in [0.1, 0.15) is 5.54 Å². The highest BCUT2D eigenvalue weighted by Crippen LogP contribution is 2.39. The fourth-order valence-corrected chi connectivity index (χ4v) is 5.19. The van der Waals surface area contributed by atoms with Crippen molar-refractivity contribution in [3.63, 3.8) is 0 Å². The normalized spacial score (nSPS) is 18.1. The number of pyridine rings is 1. The van der Waals surface area contributed by atoms with Crippen molar-refractivity contribution in [2.45, 2.75) is 38.0 Å². The first kappa shape index (κ1) is 22.6. The minimum atomic E-state index is -0.835. The molecule has 2 fully saturated rings. The van der Waals surface area contributed by atoms with Gasteiger partial charge in [0.15, 0.2) is 0 Å². The zero-order valence-corrected chi connectivity index (χ0v) is 19.7. The van der Waals surface area contributed by atoms with E-state index in [1.165, 1.54) is 4.90 Å². The first-order chi connectivity index (χ1) is 16.6. The van der Waals surface area contributed by atoms with Crippen LogP contribution in [0.1, 0.15) is 29.7 Å². The minimum absolute atomic E-state index is 0.114. The van der Waals surface area contributed by atoms with E-state index in [1.807, 2.05) is 72.8 Å². The van der Waals surface area contributed by atoms with E-state index >= 15 is 0 Å². The number of halogens is 1. The summed E-state index contributed by atoms with van der Waals surface area (Å²) in [6.45, 7) is 2.76. The number of likely N-dealkylation sites (tertiary alicyclic amines) is 1. The van der Waals surface area contributed by atoms with Crippen LogP contribution in [0.25, 0.3) is 0 Å². The molecule has 1 spiro atoms. The van der Waals surface area contributed by atoms with Crippen molar-refractivity contribution in [1.29, 1.82) is 0 Å². The van der Waals surface area contributed by atoms with Crippen LogP contribution in [0, 0.1) is 0 Å². The van der Waals surface area contributed by atoms with Crippen LogP contribution in [0.15, 0.2) is 79.0 Å². The molecule has 0 N–H and O–H groups in total. The van der Waals surface area contributed by atoms with E-state index in [4.69, 9.17) is 11.6 Å². The van der Waals surface area contributed by atoms with Crippen LogP contribution in [0.5, 0.6) is 0 Å². The summed E-state index contributed by atoms with van der Waals surface area (Å²) in [4.78, 5) is 37.2. The lowest BCUT2D eigenvalue weighted by atomic mass is 9.85. The second kappa shape index (κ2) is 9.57. The fourth-order valence-electron chi connectivity index (χ4n) is 4.99. The van der Waals surface area contributed by atoms with E-state index in [2.05, 4.69) is 9.88 Å². The van der Waals surface area contributed by atoms with Crippen molar-refractivity contribution in [3.05, 3.63) is 101 Å². The second-order valence-corrected chi connectivity index (χ2v) is 9.37. The van der Waals surface area contributed by atoms with Gasteiger partial charge >= 0.3 is 6.03 Å². The Morgan fingerprint density at radius 1 is 0.824 bits per heavy atom. The molecule has 7 heteroatoms. The molecule has 2 saturated heterocycles. The second-order valence-electron chi connectivity index (χ2n) is 8.97. The molecule has 0 saturated carbocycles. The smallest absolute Gasteiger partial charge is 0.305 e. The SMILES string of the molecule is O=C1N(Cc2ccccn2)C(=O)C2(CCN(Cc3ccccc3Cl)CC2)N1Cc1ccccc1. The van der Waals surface area contributed by atoms with Crippen molar-refractivity contribution in [2.24, 2.45) is 0 Å². The summed E-state index contributed by atoms with van der Waals surface area (Å²) in [6.07, 6.45) is 2.87. The summed E-state index contributed by atoms with van der Waals surface area (Å²) in [7, 11) is 0. The fraction of sp³-hybridized carbons (Fsp3) is 0.296. The Bertz CT molecular complexity index is 1160. The van der Waals surface area contributed by atoms with Gasteiger partial charge in [0.2, 0.25) is 0 Å². The summed E-state index contributed by atoms with van der Waals surface area (Å²) in [6, 6.07) is 23.0. The van der Waals surface area contributed by atoms with E-state index < -0.39 is 5.54 Å². The molecule has 1 aromatic heterocycles. The lowest BCUT2D eigenvalue weighted by molar-refractivity contribution is -0.136. The van der Waals surface area contributed by atoms with Crippen LogP contribution in [-0.2, 0) is 24.4 Å². The van der Waals surface area contributed by atoms with Crippen molar-refractivity contribution in [3.8, 4) is 0 Å². The maximum atomic E-state index is 13.8. The third kappa shape index (κ3) is 4.31. The van der Waals surface area contributed by atoms with Crippen molar-refractivity contribution >= 4 is 23.5 Å². The molecule has 5 rings (SSSR count). The van der Waals surface area contributed by atoms with E-state index in [-0.39, 0.29) is 18.5 Å². The molecule has 3 aromatic rings. The van der Waals surface area contributed by atoms with Gasteiger partial charge in [0, 0.05) is 37.4 Å². The van der Waals surface area contributed by atoms with E-state index in [0.717, 1.165) is 22.7 Å². The van der Waals surface area contributed by atoms with E-state index in [1.54, 1.807) is 11.1 Å². The molecule has 3 heterocycles. The zero-order chi connectivity index (χ0) is 23.5. The van der Waals surface area contributed by atoms with Crippen molar-refractivity contribution in [2.75, 3.05) is 13.1 Å². The van der Waals surface area contributed by atoms with Crippen LogP contribution in [0.3, 0.4) is 0 Å². The van der Waals surface area contributed by atoms with Gasteiger partial charge in [-0.1, -0.05) is 66.2 Å². The minimum Gasteiger partial charge on any atom is -0.305 e. The number of amides is 3. The molecular formula is C27H27ClN4O2. The first-order valence-corrected chi connectivity index (χ1v) is 12.0. The van der Waals surface area contributed by atoms with Gasteiger partial charge in [-0.2, -0.15) is 0 Å². The molecule has 0 radical (unpaired) electrons. The third-order valence-corrected chi connectivity index (χ3v) is 7.26. The Labute approximate surface area is 204 Å². The van der Waals surface area contributed by atoms with Gasteiger partial charge in [-0.3, -0.25) is 19.6 Å². The van der Waals surface area contributed by atoms with Crippen molar-refractivity contribution < 1.29 is 9.59 Å². The number of rotatable bonds is 6. The number of hydrogen-bond acceptors (Lipinski definition) is 4. The highest BCUT2D eigenvalue weighted by molar-refractivity contribution is 6.31. The molecule has 2 aliphatic heterocycles. The molecule has 0 unspecified atom stereocenters. The Morgan fingerprint density at radius 3 is 2.24 bits per heavy atom. The molecule has 0 bridgehead atoms. The number of urea groups is 1. The molecule has 174 valence electrons.